The lowest BCUT2D eigenvalue weighted by Gasteiger charge is -2.42. The minimum absolute atomic E-state index is 0.205. The molecule has 0 saturated heterocycles. The summed E-state index contributed by atoms with van der Waals surface area (Å²) in [6.45, 7) is 13.0. The Kier molecular flexibility index (Phi) is 5.03. The highest BCUT2D eigenvalue weighted by Crippen LogP contribution is 2.46. The summed E-state index contributed by atoms with van der Waals surface area (Å²) >= 11 is 0. The van der Waals surface area contributed by atoms with Crippen molar-refractivity contribution in [3.63, 3.8) is 0 Å². The number of allylic oxidation sites excluding steroid dienone is 1. The summed E-state index contributed by atoms with van der Waals surface area (Å²) in [5.74, 6) is 0.282. The largest absolute Gasteiger partial charge is 0.427 e. The average molecular weight is 363 g/mol. The van der Waals surface area contributed by atoms with Crippen LogP contribution >= 0.6 is 0 Å². The van der Waals surface area contributed by atoms with Crippen LogP contribution in [0.25, 0.3) is 11.6 Å². The molecule has 1 aliphatic rings. The van der Waals surface area contributed by atoms with Gasteiger partial charge in [-0.15, -0.1) is 0 Å². The van der Waals surface area contributed by atoms with Crippen molar-refractivity contribution in [2.75, 3.05) is 0 Å². The number of rotatable bonds is 3. The number of ether oxygens (including phenoxy) is 1. The molecule has 142 valence electrons. The van der Waals surface area contributed by atoms with Crippen molar-refractivity contribution in [3.05, 3.63) is 64.7 Å². The summed E-state index contributed by atoms with van der Waals surface area (Å²) in [6, 6.07) is 14.6. The third-order valence-corrected chi connectivity index (χ3v) is 5.81. The third-order valence-electron chi connectivity index (χ3n) is 5.81. The molecule has 0 bridgehead atoms. The van der Waals surface area contributed by atoms with Gasteiger partial charge in [-0.05, 0) is 70.6 Å². The van der Waals surface area contributed by atoms with Gasteiger partial charge in [-0.2, -0.15) is 0 Å². The first-order chi connectivity index (χ1) is 12.6. The molecule has 0 amide bonds. The summed E-state index contributed by atoms with van der Waals surface area (Å²) in [5, 5.41) is 0. The molecule has 0 heterocycles. The SMILES string of the molecule is CC(=O)Oc1cccc(C=C(C)c2ccc3c(c2)C(C)(C)CCC3(C)C)c1. The van der Waals surface area contributed by atoms with E-state index in [9.17, 15) is 4.79 Å². The molecule has 0 radical (unpaired) electrons. The number of hydrogen-bond acceptors (Lipinski definition) is 2. The molecular formula is C25H30O2. The average Bonchev–Trinajstić information content (AvgIpc) is 2.58. The predicted octanol–water partition coefficient (Wildman–Crippen LogP) is 6.52. The Labute approximate surface area is 163 Å². The zero-order valence-corrected chi connectivity index (χ0v) is 17.3. The third kappa shape index (κ3) is 4.16. The molecule has 27 heavy (non-hydrogen) atoms. The molecule has 0 fully saturated rings. The first kappa shape index (κ1) is 19.4. The van der Waals surface area contributed by atoms with Gasteiger partial charge in [0.25, 0.3) is 0 Å². The van der Waals surface area contributed by atoms with Crippen molar-refractivity contribution in [2.24, 2.45) is 0 Å². The molecule has 2 heteroatoms. The Hall–Kier alpha value is -2.35. The second-order valence-electron chi connectivity index (χ2n) is 9.02. The lowest BCUT2D eigenvalue weighted by Crippen LogP contribution is -2.33. The molecule has 0 saturated carbocycles. The summed E-state index contributed by atoms with van der Waals surface area (Å²) in [6.07, 6.45) is 4.59. The molecule has 0 N–H and O–H groups in total. The second-order valence-corrected chi connectivity index (χ2v) is 9.02. The van der Waals surface area contributed by atoms with Crippen LogP contribution in [0.4, 0.5) is 0 Å². The lowest BCUT2D eigenvalue weighted by atomic mass is 9.63. The van der Waals surface area contributed by atoms with E-state index in [1.807, 2.05) is 18.2 Å². The molecular weight excluding hydrogens is 332 g/mol. The van der Waals surface area contributed by atoms with E-state index in [1.54, 1.807) is 6.07 Å². The van der Waals surface area contributed by atoms with Gasteiger partial charge in [0.1, 0.15) is 5.75 Å². The van der Waals surface area contributed by atoms with Crippen LogP contribution in [0.3, 0.4) is 0 Å². The van der Waals surface area contributed by atoms with E-state index in [2.05, 4.69) is 58.9 Å². The van der Waals surface area contributed by atoms with Crippen molar-refractivity contribution in [2.45, 2.75) is 65.2 Å². The normalized spacial score (nSPS) is 17.9. The van der Waals surface area contributed by atoms with E-state index < -0.39 is 0 Å². The van der Waals surface area contributed by atoms with Gasteiger partial charge in [0.2, 0.25) is 0 Å². The zero-order chi connectivity index (χ0) is 19.8. The van der Waals surface area contributed by atoms with Crippen LogP contribution in [-0.2, 0) is 15.6 Å². The number of carbonyl (C=O) groups excluding carboxylic acids is 1. The van der Waals surface area contributed by atoms with Crippen LogP contribution in [-0.4, -0.2) is 5.97 Å². The molecule has 3 rings (SSSR count). The van der Waals surface area contributed by atoms with Gasteiger partial charge in [0.05, 0.1) is 0 Å². The zero-order valence-electron chi connectivity index (χ0n) is 17.3. The summed E-state index contributed by atoms with van der Waals surface area (Å²) in [7, 11) is 0. The summed E-state index contributed by atoms with van der Waals surface area (Å²) in [4.78, 5) is 11.2. The highest BCUT2D eigenvalue weighted by Gasteiger charge is 2.36. The number of hydrogen-bond donors (Lipinski definition) is 0. The van der Waals surface area contributed by atoms with Gasteiger partial charge in [0, 0.05) is 6.92 Å². The van der Waals surface area contributed by atoms with Gasteiger partial charge < -0.3 is 4.74 Å². The van der Waals surface area contributed by atoms with Gasteiger partial charge in [0.15, 0.2) is 0 Å². The standard InChI is InChI=1S/C25H30O2/c1-17(14-19-8-7-9-21(15-19)27-18(2)26)20-10-11-22-23(16-20)25(5,6)13-12-24(22,3)4/h7-11,14-16H,12-13H2,1-6H3. The van der Waals surface area contributed by atoms with E-state index in [0.717, 1.165) is 5.56 Å². The first-order valence-corrected chi connectivity index (χ1v) is 9.71. The van der Waals surface area contributed by atoms with E-state index in [4.69, 9.17) is 4.74 Å². The van der Waals surface area contributed by atoms with E-state index in [-0.39, 0.29) is 16.8 Å². The van der Waals surface area contributed by atoms with E-state index >= 15 is 0 Å². The molecule has 0 unspecified atom stereocenters. The van der Waals surface area contributed by atoms with Crippen LogP contribution in [0.1, 0.15) is 76.6 Å². The second kappa shape index (κ2) is 6.99. The first-order valence-electron chi connectivity index (χ1n) is 9.71. The van der Waals surface area contributed by atoms with Crippen molar-refractivity contribution in [1.82, 2.24) is 0 Å². The maximum atomic E-state index is 11.2. The molecule has 0 aliphatic heterocycles. The molecule has 0 atom stereocenters. The Bertz CT molecular complexity index is 900. The minimum atomic E-state index is -0.299. The maximum absolute atomic E-state index is 11.2. The highest BCUT2D eigenvalue weighted by atomic mass is 16.5. The highest BCUT2D eigenvalue weighted by molar-refractivity contribution is 5.81. The number of carbonyl (C=O) groups is 1. The van der Waals surface area contributed by atoms with Gasteiger partial charge >= 0.3 is 5.97 Å². The number of esters is 1. The molecule has 1 aliphatic carbocycles. The van der Waals surface area contributed by atoms with E-state index in [1.165, 1.54) is 42.0 Å². The van der Waals surface area contributed by atoms with Gasteiger partial charge in [-0.25, -0.2) is 0 Å². The van der Waals surface area contributed by atoms with Gasteiger partial charge in [-0.1, -0.05) is 64.1 Å². The molecule has 2 nitrogen and oxygen atoms in total. The quantitative estimate of drug-likeness (QED) is 0.353. The summed E-state index contributed by atoms with van der Waals surface area (Å²) < 4.78 is 5.20. The van der Waals surface area contributed by atoms with Crippen LogP contribution in [0, 0.1) is 0 Å². The number of benzene rings is 2. The maximum Gasteiger partial charge on any atom is 0.308 e. The predicted molar refractivity (Wildman–Crippen MR) is 113 cm³/mol. The van der Waals surface area contributed by atoms with Crippen molar-refractivity contribution < 1.29 is 9.53 Å². The lowest BCUT2D eigenvalue weighted by molar-refractivity contribution is -0.131. The molecule has 2 aromatic carbocycles. The minimum Gasteiger partial charge on any atom is -0.427 e. The van der Waals surface area contributed by atoms with Crippen molar-refractivity contribution in [1.29, 1.82) is 0 Å². The Balaban J connectivity index is 1.97. The smallest absolute Gasteiger partial charge is 0.308 e. The summed E-state index contributed by atoms with van der Waals surface area (Å²) in [5.41, 5.74) is 6.87. The molecule has 0 aromatic heterocycles. The van der Waals surface area contributed by atoms with Crippen LogP contribution in [0.2, 0.25) is 0 Å². The Morgan fingerprint density at radius 3 is 2.26 bits per heavy atom. The topological polar surface area (TPSA) is 26.3 Å². The monoisotopic (exact) mass is 362 g/mol. The Morgan fingerprint density at radius 2 is 1.59 bits per heavy atom. The van der Waals surface area contributed by atoms with Crippen LogP contribution in [0.5, 0.6) is 5.75 Å². The fourth-order valence-electron chi connectivity index (χ4n) is 4.00. The van der Waals surface area contributed by atoms with E-state index in [0.29, 0.717) is 5.75 Å². The van der Waals surface area contributed by atoms with Crippen LogP contribution in [0.15, 0.2) is 42.5 Å². The fraction of sp³-hybridized carbons (Fsp3) is 0.400. The van der Waals surface area contributed by atoms with Crippen molar-refractivity contribution >= 4 is 17.6 Å². The Morgan fingerprint density at radius 1 is 0.926 bits per heavy atom. The van der Waals surface area contributed by atoms with Gasteiger partial charge in [-0.3, -0.25) is 4.79 Å². The fourth-order valence-corrected chi connectivity index (χ4v) is 4.00. The van der Waals surface area contributed by atoms with Crippen molar-refractivity contribution in [3.8, 4) is 5.75 Å². The van der Waals surface area contributed by atoms with Crippen LogP contribution < -0.4 is 4.74 Å². The number of fused-ring (bicyclic) bond motifs is 1. The molecule has 2 aromatic rings. The molecule has 0 spiro atoms.